The van der Waals surface area contributed by atoms with Gasteiger partial charge < -0.3 is 15.8 Å². The number of nitrogen functional groups attached to an aromatic ring is 1. The third kappa shape index (κ3) is 4.20. The van der Waals surface area contributed by atoms with E-state index in [1.165, 1.54) is 6.07 Å². The number of hydrogen-bond acceptors (Lipinski definition) is 6. The first-order valence-corrected chi connectivity index (χ1v) is 7.01. The van der Waals surface area contributed by atoms with Gasteiger partial charge in [-0.1, -0.05) is 23.7 Å². The van der Waals surface area contributed by atoms with Gasteiger partial charge in [0, 0.05) is 17.8 Å². The molecule has 2 aromatic rings. The molecule has 0 bridgehead atoms. The van der Waals surface area contributed by atoms with Crippen LogP contribution in [0.15, 0.2) is 42.5 Å². The van der Waals surface area contributed by atoms with Crippen molar-refractivity contribution in [1.29, 1.82) is 0 Å². The Labute approximate surface area is 141 Å². The second-order valence-corrected chi connectivity index (χ2v) is 5.04. The van der Waals surface area contributed by atoms with Crippen molar-refractivity contribution in [3.05, 3.63) is 63.2 Å². The quantitative estimate of drug-likeness (QED) is 0.370. The predicted molar refractivity (Wildman–Crippen MR) is 87.9 cm³/mol. The molecule has 9 heteroatoms. The fourth-order valence-electron chi connectivity index (χ4n) is 1.79. The number of hydrogen-bond donors (Lipinski definition) is 2. The van der Waals surface area contributed by atoms with Crippen LogP contribution in [0.4, 0.5) is 17.1 Å². The summed E-state index contributed by atoms with van der Waals surface area (Å²) in [5.41, 5.74) is 5.49. The van der Waals surface area contributed by atoms with E-state index in [2.05, 4.69) is 5.32 Å². The Bertz CT molecular complexity index is 809. The van der Waals surface area contributed by atoms with E-state index >= 15 is 0 Å². The van der Waals surface area contributed by atoms with Crippen LogP contribution in [0.5, 0.6) is 0 Å². The molecule has 0 unspecified atom stereocenters. The van der Waals surface area contributed by atoms with Gasteiger partial charge in [-0.05, 0) is 18.2 Å². The number of ether oxygens (including phenoxy) is 1. The number of nitrogens with one attached hydrogen (secondary N) is 1. The third-order valence-corrected chi connectivity index (χ3v) is 3.28. The van der Waals surface area contributed by atoms with Crippen molar-refractivity contribution in [2.75, 3.05) is 17.7 Å². The van der Waals surface area contributed by atoms with E-state index in [0.29, 0.717) is 10.7 Å². The molecular formula is C15H12ClN3O5. The van der Waals surface area contributed by atoms with E-state index in [1.54, 1.807) is 24.3 Å². The maximum absolute atomic E-state index is 11.9. The molecule has 0 spiro atoms. The number of carbonyl (C=O) groups is 2. The number of para-hydroxylation sites is 1. The number of esters is 1. The van der Waals surface area contributed by atoms with Crippen LogP contribution in [0.2, 0.25) is 5.02 Å². The summed E-state index contributed by atoms with van der Waals surface area (Å²) in [7, 11) is 0. The Kier molecular flexibility index (Phi) is 5.33. The highest BCUT2D eigenvalue weighted by molar-refractivity contribution is 6.33. The number of nitro groups is 1. The Hall–Kier alpha value is -3.13. The molecule has 2 aromatic carbocycles. The lowest BCUT2D eigenvalue weighted by atomic mass is 10.1. The maximum atomic E-state index is 11.9. The minimum atomic E-state index is -0.939. The van der Waals surface area contributed by atoms with Gasteiger partial charge in [-0.3, -0.25) is 14.9 Å². The van der Waals surface area contributed by atoms with Gasteiger partial charge in [-0.2, -0.15) is 0 Å². The first kappa shape index (κ1) is 17.2. The van der Waals surface area contributed by atoms with Crippen LogP contribution in [-0.4, -0.2) is 23.4 Å². The number of rotatable bonds is 5. The molecule has 0 saturated heterocycles. The molecule has 2 rings (SSSR count). The molecule has 0 saturated carbocycles. The summed E-state index contributed by atoms with van der Waals surface area (Å²) in [5.74, 6) is -1.55. The first-order chi connectivity index (χ1) is 11.4. The number of halogens is 1. The number of nitro benzene ring substituents is 1. The van der Waals surface area contributed by atoms with Crippen molar-refractivity contribution in [3.8, 4) is 0 Å². The molecule has 24 heavy (non-hydrogen) atoms. The Morgan fingerprint density at radius 1 is 1.25 bits per heavy atom. The summed E-state index contributed by atoms with van der Waals surface area (Å²) < 4.78 is 4.82. The smallest absolute Gasteiger partial charge is 0.341 e. The number of nitrogens with two attached hydrogens (primary N) is 1. The molecule has 0 heterocycles. The maximum Gasteiger partial charge on any atom is 0.341 e. The summed E-state index contributed by atoms with van der Waals surface area (Å²) >= 11 is 5.89. The number of carbonyl (C=O) groups excluding carboxylic acids is 2. The molecule has 0 radical (unpaired) electrons. The second kappa shape index (κ2) is 7.42. The molecule has 3 N–H and O–H groups in total. The molecule has 8 nitrogen and oxygen atoms in total. The fraction of sp³-hybridized carbons (Fsp3) is 0.0667. The topological polar surface area (TPSA) is 125 Å². The molecule has 0 aromatic heterocycles. The standard InChI is InChI=1S/C15H12ClN3O5/c16-11-3-1-2-4-13(11)18-14(20)8-24-15(21)10-7-9(19(22)23)5-6-12(10)17/h1-7H,8,17H2,(H,18,20). The van der Waals surface area contributed by atoms with Gasteiger partial charge in [-0.25, -0.2) is 4.79 Å². The molecule has 0 atom stereocenters. The lowest BCUT2D eigenvalue weighted by molar-refractivity contribution is -0.384. The molecule has 124 valence electrons. The summed E-state index contributed by atoms with van der Waals surface area (Å²) in [5, 5.41) is 13.5. The third-order valence-electron chi connectivity index (χ3n) is 2.95. The SMILES string of the molecule is Nc1ccc([N+](=O)[O-])cc1C(=O)OCC(=O)Nc1ccccc1Cl. The monoisotopic (exact) mass is 349 g/mol. The summed E-state index contributed by atoms with van der Waals surface area (Å²) in [6, 6.07) is 9.92. The van der Waals surface area contributed by atoms with E-state index in [9.17, 15) is 19.7 Å². The Balaban J connectivity index is 2.00. The van der Waals surface area contributed by atoms with E-state index in [0.717, 1.165) is 12.1 Å². The number of non-ortho nitro benzene ring substituents is 1. The van der Waals surface area contributed by atoms with Crippen molar-refractivity contribution < 1.29 is 19.2 Å². The fourth-order valence-corrected chi connectivity index (χ4v) is 1.98. The summed E-state index contributed by atoms with van der Waals surface area (Å²) in [4.78, 5) is 33.8. The lowest BCUT2D eigenvalue weighted by Crippen LogP contribution is -2.21. The Morgan fingerprint density at radius 2 is 1.96 bits per heavy atom. The van der Waals surface area contributed by atoms with Crippen LogP contribution in [0.25, 0.3) is 0 Å². The van der Waals surface area contributed by atoms with Gasteiger partial charge in [0.15, 0.2) is 6.61 Å². The zero-order chi connectivity index (χ0) is 17.7. The van der Waals surface area contributed by atoms with E-state index in [-0.39, 0.29) is 16.9 Å². The van der Waals surface area contributed by atoms with Gasteiger partial charge in [0.25, 0.3) is 11.6 Å². The normalized spacial score (nSPS) is 10.0. The molecule has 0 aliphatic rings. The van der Waals surface area contributed by atoms with E-state index in [4.69, 9.17) is 22.1 Å². The van der Waals surface area contributed by atoms with Crippen LogP contribution >= 0.6 is 11.6 Å². The van der Waals surface area contributed by atoms with Crippen molar-refractivity contribution in [1.82, 2.24) is 0 Å². The summed E-state index contributed by atoms with van der Waals surface area (Å²) in [6.07, 6.45) is 0. The Morgan fingerprint density at radius 3 is 2.62 bits per heavy atom. The highest BCUT2D eigenvalue weighted by atomic mass is 35.5. The number of anilines is 2. The average molecular weight is 350 g/mol. The molecular weight excluding hydrogens is 338 g/mol. The van der Waals surface area contributed by atoms with Gasteiger partial charge in [-0.15, -0.1) is 0 Å². The highest BCUT2D eigenvalue weighted by Crippen LogP contribution is 2.21. The van der Waals surface area contributed by atoms with Crippen molar-refractivity contribution >= 4 is 40.5 Å². The minimum Gasteiger partial charge on any atom is -0.452 e. The van der Waals surface area contributed by atoms with Crippen LogP contribution in [-0.2, 0) is 9.53 Å². The predicted octanol–water partition coefficient (Wildman–Crippen LogP) is 2.63. The van der Waals surface area contributed by atoms with Crippen molar-refractivity contribution in [3.63, 3.8) is 0 Å². The number of amides is 1. The number of nitrogens with zero attached hydrogens (tertiary/aromatic N) is 1. The largest absolute Gasteiger partial charge is 0.452 e. The van der Waals surface area contributed by atoms with Gasteiger partial charge in [0.05, 0.1) is 21.2 Å². The van der Waals surface area contributed by atoms with Crippen LogP contribution in [0.3, 0.4) is 0 Å². The lowest BCUT2D eigenvalue weighted by Gasteiger charge is -2.09. The molecule has 0 aliphatic carbocycles. The van der Waals surface area contributed by atoms with Crippen LogP contribution < -0.4 is 11.1 Å². The van der Waals surface area contributed by atoms with Crippen molar-refractivity contribution in [2.24, 2.45) is 0 Å². The van der Waals surface area contributed by atoms with Gasteiger partial charge >= 0.3 is 5.97 Å². The number of benzene rings is 2. The van der Waals surface area contributed by atoms with Crippen LogP contribution in [0, 0.1) is 10.1 Å². The van der Waals surface area contributed by atoms with Gasteiger partial charge in [0.2, 0.25) is 0 Å². The molecule has 1 amide bonds. The van der Waals surface area contributed by atoms with Crippen molar-refractivity contribution in [2.45, 2.75) is 0 Å². The minimum absolute atomic E-state index is 0.0112. The summed E-state index contributed by atoms with van der Waals surface area (Å²) in [6.45, 7) is -0.591. The zero-order valence-electron chi connectivity index (χ0n) is 12.2. The molecule has 0 aliphatic heterocycles. The second-order valence-electron chi connectivity index (χ2n) is 4.63. The van der Waals surface area contributed by atoms with Crippen LogP contribution in [0.1, 0.15) is 10.4 Å². The van der Waals surface area contributed by atoms with E-state index in [1.807, 2.05) is 0 Å². The average Bonchev–Trinajstić information content (AvgIpc) is 2.55. The molecule has 0 fully saturated rings. The highest BCUT2D eigenvalue weighted by Gasteiger charge is 2.18. The van der Waals surface area contributed by atoms with Gasteiger partial charge in [0.1, 0.15) is 0 Å². The van der Waals surface area contributed by atoms with E-state index < -0.39 is 23.4 Å². The first-order valence-electron chi connectivity index (χ1n) is 6.64. The zero-order valence-corrected chi connectivity index (χ0v) is 12.9.